The minimum atomic E-state index is -0.541. The van der Waals surface area contributed by atoms with E-state index < -0.39 is 11.9 Å². The van der Waals surface area contributed by atoms with Crippen LogP contribution in [0.5, 0.6) is 11.5 Å². The molecule has 0 saturated heterocycles. The van der Waals surface area contributed by atoms with E-state index in [0.717, 1.165) is 14.7 Å². The molecule has 0 saturated carbocycles. The van der Waals surface area contributed by atoms with Gasteiger partial charge < -0.3 is 19.9 Å². The second-order valence-electron chi connectivity index (χ2n) is 5.98. The lowest BCUT2D eigenvalue weighted by atomic mass is 10.1. The van der Waals surface area contributed by atoms with Gasteiger partial charge in [-0.25, -0.2) is 4.79 Å². The number of phenols is 1. The van der Waals surface area contributed by atoms with E-state index >= 15 is 0 Å². The van der Waals surface area contributed by atoms with Gasteiger partial charge in [-0.15, -0.1) is 0 Å². The summed E-state index contributed by atoms with van der Waals surface area (Å²) in [7, 11) is 1.46. The molecule has 26 heavy (non-hydrogen) atoms. The van der Waals surface area contributed by atoms with Crippen LogP contribution in [0.25, 0.3) is 0 Å². The number of benzene rings is 1. The van der Waals surface area contributed by atoms with Crippen LogP contribution in [0.3, 0.4) is 0 Å². The summed E-state index contributed by atoms with van der Waals surface area (Å²) in [4.78, 5) is 23.6. The molecule has 0 aromatic heterocycles. The molecule has 142 valence electrons. The van der Waals surface area contributed by atoms with Gasteiger partial charge in [-0.05, 0) is 67.5 Å². The summed E-state index contributed by atoms with van der Waals surface area (Å²) in [6, 6.07) is 3.21. The predicted molar refractivity (Wildman–Crippen MR) is 108 cm³/mol. The van der Waals surface area contributed by atoms with Crippen LogP contribution >= 0.6 is 22.6 Å². The lowest BCUT2D eigenvalue weighted by molar-refractivity contribution is -0.143. The third kappa shape index (κ3) is 7.90. The molecule has 0 heterocycles. The normalized spacial score (nSPS) is 10.9. The third-order valence-corrected chi connectivity index (χ3v) is 4.37. The number of hydrogen-bond acceptors (Lipinski definition) is 5. The Kier molecular flexibility index (Phi) is 9.18. The molecular formula is C19H24INO5. The Labute approximate surface area is 167 Å². The zero-order chi connectivity index (χ0) is 19.7. The summed E-state index contributed by atoms with van der Waals surface area (Å²) < 4.78 is 10.8. The van der Waals surface area contributed by atoms with Gasteiger partial charge in [-0.3, -0.25) is 4.79 Å². The number of hydrogen-bond donors (Lipinski definition) is 2. The van der Waals surface area contributed by atoms with Crippen molar-refractivity contribution in [2.24, 2.45) is 0 Å². The Bertz CT molecular complexity index is 721. The molecule has 1 rings (SSSR count). The molecule has 0 unspecified atom stereocenters. The maximum Gasteiger partial charge on any atom is 0.331 e. The highest BCUT2D eigenvalue weighted by molar-refractivity contribution is 14.1. The van der Waals surface area contributed by atoms with Crippen LogP contribution in [0.15, 0.2) is 35.4 Å². The number of nitrogens with one attached hydrogen (secondary N) is 1. The van der Waals surface area contributed by atoms with Crippen LogP contribution in [0.2, 0.25) is 0 Å². The number of carbonyl (C=O) groups is 2. The molecule has 0 atom stereocenters. The van der Waals surface area contributed by atoms with E-state index in [0.29, 0.717) is 12.2 Å². The first-order chi connectivity index (χ1) is 12.2. The molecule has 0 radical (unpaired) electrons. The van der Waals surface area contributed by atoms with Gasteiger partial charge in [0.25, 0.3) is 5.91 Å². The molecule has 0 aliphatic rings. The molecule has 6 nitrogen and oxygen atoms in total. The lowest BCUT2D eigenvalue weighted by Gasteiger charge is -2.10. The van der Waals surface area contributed by atoms with E-state index in [4.69, 9.17) is 9.47 Å². The fourth-order valence-electron chi connectivity index (χ4n) is 1.93. The summed E-state index contributed by atoms with van der Waals surface area (Å²) in [5, 5.41) is 12.4. The number of methoxy groups -OCH3 is 1. The second-order valence-corrected chi connectivity index (χ2v) is 7.14. The SMILES string of the molecule is COc1cc(CNC(=O)COC(=O)/C=C(\C)CC=C(C)C)c(I)cc1O. The van der Waals surface area contributed by atoms with Gasteiger partial charge in [0.2, 0.25) is 0 Å². The van der Waals surface area contributed by atoms with Crippen molar-refractivity contribution >= 4 is 34.5 Å². The second kappa shape index (κ2) is 10.8. The van der Waals surface area contributed by atoms with E-state index in [-0.39, 0.29) is 18.9 Å². The van der Waals surface area contributed by atoms with Crippen LogP contribution in [0, 0.1) is 3.57 Å². The van der Waals surface area contributed by atoms with Gasteiger partial charge in [0.15, 0.2) is 18.1 Å². The fraction of sp³-hybridized carbons (Fsp3) is 0.368. The van der Waals surface area contributed by atoms with E-state index in [9.17, 15) is 14.7 Å². The molecule has 0 spiro atoms. The molecule has 0 bridgehead atoms. The summed E-state index contributed by atoms with van der Waals surface area (Å²) in [5.74, 6) is -0.577. The Hall–Kier alpha value is -2.03. The molecule has 1 aromatic carbocycles. The Morgan fingerprint density at radius 2 is 1.96 bits per heavy atom. The molecule has 0 aliphatic heterocycles. The fourth-order valence-corrected chi connectivity index (χ4v) is 2.57. The number of rotatable bonds is 8. The average Bonchev–Trinajstić information content (AvgIpc) is 2.57. The molecule has 0 aliphatic carbocycles. The summed E-state index contributed by atoms with van der Waals surface area (Å²) in [6.07, 6.45) is 4.07. The Morgan fingerprint density at radius 1 is 1.27 bits per heavy atom. The number of amides is 1. The van der Waals surface area contributed by atoms with Gasteiger partial charge in [-0.2, -0.15) is 0 Å². The molecule has 2 N–H and O–H groups in total. The van der Waals surface area contributed by atoms with Crippen LogP contribution in [0.1, 0.15) is 32.8 Å². The van der Waals surface area contributed by atoms with Crippen molar-refractivity contribution in [1.29, 1.82) is 0 Å². The van der Waals surface area contributed by atoms with Gasteiger partial charge >= 0.3 is 5.97 Å². The number of ether oxygens (including phenoxy) is 2. The average molecular weight is 473 g/mol. The van der Waals surface area contributed by atoms with Crippen molar-refractivity contribution in [2.45, 2.75) is 33.7 Å². The molecular weight excluding hydrogens is 449 g/mol. The highest BCUT2D eigenvalue weighted by atomic mass is 127. The number of phenolic OH excluding ortho intramolecular Hbond substituents is 1. The first kappa shape index (κ1) is 22.0. The van der Waals surface area contributed by atoms with Crippen molar-refractivity contribution in [2.75, 3.05) is 13.7 Å². The van der Waals surface area contributed by atoms with Crippen molar-refractivity contribution in [3.05, 3.63) is 44.6 Å². The topological polar surface area (TPSA) is 84.9 Å². The van der Waals surface area contributed by atoms with E-state index in [1.165, 1.54) is 18.8 Å². The third-order valence-electron chi connectivity index (χ3n) is 3.37. The van der Waals surface area contributed by atoms with Crippen LogP contribution in [-0.4, -0.2) is 30.7 Å². The molecule has 7 heteroatoms. The van der Waals surface area contributed by atoms with E-state index in [1.54, 1.807) is 12.1 Å². The smallest absolute Gasteiger partial charge is 0.331 e. The van der Waals surface area contributed by atoms with Crippen molar-refractivity contribution in [1.82, 2.24) is 5.32 Å². The first-order valence-electron chi connectivity index (χ1n) is 8.02. The Morgan fingerprint density at radius 3 is 2.58 bits per heavy atom. The number of allylic oxidation sites excluding steroid dienone is 3. The summed E-state index contributed by atoms with van der Waals surface area (Å²) in [6.45, 7) is 5.69. The minimum Gasteiger partial charge on any atom is -0.504 e. The van der Waals surface area contributed by atoms with Crippen LogP contribution in [-0.2, 0) is 20.9 Å². The van der Waals surface area contributed by atoms with Gasteiger partial charge in [0, 0.05) is 16.2 Å². The first-order valence-corrected chi connectivity index (χ1v) is 9.10. The number of esters is 1. The molecule has 1 aromatic rings. The highest BCUT2D eigenvalue weighted by Gasteiger charge is 2.10. The van der Waals surface area contributed by atoms with E-state index in [1.807, 2.05) is 26.8 Å². The van der Waals surface area contributed by atoms with Crippen molar-refractivity contribution in [3.8, 4) is 11.5 Å². The van der Waals surface area contributed by atoms with E-state index in [2.05, 4.69) is 27.9 Å². The lowest BCUT2D eigenvalue weighted by Crippen LogP contribution is -2.28. The largest absolute Gasteiger partial charge is 0.504 e. The van der Waals surface area contributed by atoms with Crippen LogP contribution < -0.4 is 10.1 Å². The molecule has 0 fully saturated rings. The monoisotopic (exact) mass is 473 g/mol. The number of aromatic hydroxyl groups is 1. The highest BCUT2D eigenvalue weighted by Crippen LogP contribution is 2.30. The number of carbonyl (C=O) groups excluding carboxylic acids is 2. The van der Waals surface area contributed by atoms with Crippen LogP contribution in [0.4, 0.5) is 0 Å². The maximum absolute atomic E-state index is 11.9. The van der Waals surface area contributed by atoms with Gasteiger partial charge in [0.1, 0.15) is 0 Å². The minimum absolute atomic E-state index is 0.0381. The van der Waals surface area contributed by atoms with Crippen molar-refractivity contribution < 1.29 is 24.2 Å². The molecule has 1 amide bonds. The Balaban J connectivity index is 2.49. The quantitative estimate of drug-likeness (QED) is 0.262. The summed E-state index contributed by atoms with van der Waals surface area (Å²) >= 11 is 2.06. The zero-order valence-electron chi connectivity index (χ0n) is 15.4. The van der Waals surface area contributed by atoms with Gasteiger partial charge in [0.05, 0.1) is 7.11 Å². The van der Waals surface area contributed by atoms with Crippen molar-refractivity contribution in [3.63, 3.8) is 0 Å². The number of halogens is 1. The standard InChI is InChI=1S/C19H24INO5/c1-12(2)5-6-13(3)7-19(24)26-11-18(23)21-10-14-8-17(25-4)16(22)9-15(14)20/h5,7-9,22H,6,10-11H2,1-4H3,(H,21,23)/b13-7+. The predicted octanol–water partition coefficient (Wildman–Crippen LogP) is 3.47. The maximum atomic E-state index is 11.9. The summed E-state index contributed by atoms with van der Waals surface area (Å²) in [5.41, 5.74) is 2.82. The van der Waals surface area contributed by atoms with Gasteiger partial charge in [-0.1, -0.05) is 17.2 Å². The zero-order valence-corrected chi connectivity index (χ0v) is 17.5.